The minimum absolute atomic E-state index is 0.142. The van der Waals surface area contributed by atoms with Crippen LogP contribution in [-0.4, -0.2) is 54.1 Å². The van der Waals surface area contributed by atoms with Crippen LogP contribution in [0.2, 0.25) is 0 Å². The summed E-state index contributed by atoms with van der Waals surface area (Å²) in [7, 11) is 0. The summed E-state index contributed by atoms with van der Waals surface area (Å²) in [5, 5.41) is 2.36. The highest BCUT2D eigenvalue weighted by molar-refractivity contribution is 6.01. The first-order valence-corrected chi connectivity index (χ1v) is 9.36. The highest BCUT2D eigenvalue weighted by Gasteiger charge is 2.21. The van der Waals surface area contributed by atoms with Gasteiger partial charge >= 0.3 is 12.1 Å². The fourth-order valence-corrected chi connectivity index (χ4v) is 2.49. The quantitative estimate of drug-likeness (QED) is 0.643. The van der Waals surface area contributed by atoms with E-state index in [9.17, 15) is 14.4 Å². The molecule has 1 heterocycles. The lowest BCUT2D eigenvalue weighted by Gasteiger charge is -2.23. The van der Waals surface area contributed by atoms with E-state index >= 15 is 0 Å². The van der Waals surface area contributed by atoms with Gasteiger partial charge in [-0.1, -0.05) is 19.3 Å². The van der Waals surface area contributed by atoms with Crippen molar-refractivity contribution >= 4 is 23.9 Å². The number of esters is 1. The third-order valence-electron chi connectivity index (χ3n) is 3.73. The summed E-state index contributed by atoms with van der Waals surface area (Å²) in [5.74, 6) is -1.85. The van der Waals surface area contributed by atoms with Gasteiger partial charge in [0, 0.05) is 17.5 Å². The Morgan fingerprint density at radius 1 is 1.26 bits per heavy atom. The normalized spacial score (nSPS) is 25.2. The van der Waals surface area contributed by atoms with Gasteiger partial charge in [-0.25, -0.2) is 4.79 Å². The second-order valence-electron chi connectivity index (χ2n) is 7.66. The van der Waals surface area contributed by atoms with Crippen LogP contribution in [0.15, 0.2) is 4.99 Å². The number of carbonyl (C=O) groups excluding carboxylic acids is 3. The van der Waals surface area contributed by atoms with Gasteiger partial charge in [-0.2, -0.15) is 0 Å². The van der Waals surface area contributed by atoms with Crippen molar-refractivity contribution < 1.29 is 28.0 Å². The number of amides is 2. The molecule has 1 aliphatic rings. The molecule has 27 heavy (non-hydrogen) atoms. The van der Waals surface area contributed by atoms with Gasteiger partial charge in [-0.05, 0) is 47.0 Å². The molecule has 8 nitrogen and oxygen atoms in total. The Bertz CT molecular complexity index is 644. The fraction of sp³-hybridized carbons (Fsp3) is 0.789. The average Bonchev–Trinajstić information content (AvgIpc) is 2.55. The van der Waals surface area contributed by atoms with Crippen LogP contribution in [0.3, 0.4) is 0 Å². The Hall–Kier alpha value is -2.12. The Morgan fingerprint density at radius 3 is 2.59 bits per heavy atom. The zero-order chi connectivity index (χ0) is 22.9. The van der Waals surface area contributed by atoms with Crippen molar-refractivity contribution in [3.05, 3.63) is 0 Å². The topological polar surface area (TPSA) is 97.3 Å². The molecular formula is C19H33N3O5. The molecule has 0 aromatic heterocycles. The summed E-state index contributed by atoms with van der Waals surface area (Å²) in [6.07, 6.45) is 3.57. The molecule has 0 spiro atoms. The molecule has 1 aliphatic heterocycles. The van der Waals surface area contributed by atoms with Gasteiger partial charge in [0.2, 0.25) is 11.9 Å². The molecule has 1 unspecified atom stereocenters. The standard InChI is InChI=1S/C19H33N3O5/c1-14-11-9-7-6-8-10-12-15(23)20-17(22(5)13-16(24)26-14)21-18(25)27-19(2,3)4/h14H,6-13H2,1-5H3,(H,20,21,23,25)/i5D3. The minimum atomic E-state index is -2.86. The van der Waals surface area contributed by atoms with E-state index in [-0.39, 0.29) is 12.5 Å². The molecule has 0 bridgehead atoms. The van der Waals surface area contributed by atoms with Crippen LogP contribution in [0, 0.1) is 0 Å². The predicted octanol–water partition coefficient (Wildman–Crippen LogP) is 3.00. The molecule has 0 aliphatic carbocycles. The number of likely N-dealkylation sites (N-methyl/N-ethyl adjacent to an activating group) is 1. The van der Waals surface area contributed by atoms with E-state index in [1.807, 2.05) is 0 Å². The van der Waals surface area contributed by atoms with E-state index in [1.54, 1.807) is 27.7 Å². The van der Waals surface area contributed by atoms with Crippen molar-refractivity contribution in [2.75, 3.05) is 13.5 Å². The minimum Gasteiger partial charge on any atom is -0.461 e. The highest BCUT2D eigenvalue weighted by atomic mass is 16.6. The zero-order valence-corrected chi connectivity index (χ0v) is 16.7. The van der Waals surface area contributed by atoms with E-state index in [4.69, 9.17) is 13.6 Å². The number of guanidine groups is 1. The number of hydrogen-bond acceptors (Lipinski definition) is 5. The molecule has 1 atom stereocenters. The number of ether oxygens (including phenoxy) is 2. The van der Waals surface area contributed by atoms with Gasteiger partial charge in [0.05, 0.1) is 6.10 Å². The number of hydrogen-bond donors (Lipinski definition) is 1. The third kappa shape index (κ3) is 10.6. The highest BCUT2D eigenvalue weighted by Crippen LogP contribution is 2.12. The van der Waals surface area contributed by atoms with Crippen LogP contribution < -0.4 is 5.32 Å². The smallest absolute Gasteiger partial charge is 0.437 e. The van der Waals surface area contributed by atoms with Crippen molar-refractivity contribution in [3.63, 3.8) is 0 Å². The third-order valence-corrected chi connectivity index (χ3v) is 3.73. The number of nitrogens with zero attached hydrogens (tertiary/aromatic N) is 2. The maximum absolute atomic E-state index is 12.3. The molecule has 1 saturated heterocycles. The molecule has 1 rings (SSSR count). The van der Waals surface area contributed by atoms with Crippen molar-refractivity contribution in [2.45, 2.75) is 84.3 Å². The van der Waals surface area contributed by atoms with Gasteiger partial charge in [-0.3, -0.25) is 14.9 Å². The van der Waals surface area contributed by atoms with Crippen molar-refractivity contribution in [1.29, 1.82) is 0 Å². The van der Waals surface area contributed by atoms with E-state index in [2.05, 4.69) is 10.3 Å². The molecule has 1 fully saturated rings. The first-order chi connectivity index (χ1) is 13.8. The Kier molecular flexibility index (Phi) is 7.36. The zero-order valence-electron chi connectivity index (χ0n) is 19.7. The second-order valence-corrected chi connectivity index (χ2v) is 7.66. The van der Waals surface area contributed by atoms with Gasteiger partial charge in [-0.15, -0.1) is 4.99 Å². The summed E-state index contributed by atoms with van der Waals surface area (Å²) in [6, 6.07) is 0. The molecule has 0 aromatic carbocycles. The lowest BCUT2D eigenvalue weighted by molar-refractivity contribution is -0.148. The average molecular weight is 387 g/mol. The van der Waals surface area contributed by atoms with Crippen LogP contribution in [0.25, 0.3) is 0 Å². The Morgan fingerprint density at radius 2 is 1.93 bits per heavy atom. The molecule has 0 radical (unpaired) electrons. The maximum atomic E-state index is 12.3. The molecule has 0 aromatic rings. The van der Waals surface area contributed by atoms with Crippen molar-refractivity contribution in [3.8, 4) is 0 Å². The summed E-state index contributed by atoms with van der Waals surface area (Å²) >= 11 is 0. The number of nitrogens with one attached hydrogen (secondary N) is 1. The first-order valence-electron chi connectivity index (χ1n) is 10.9. The molecular weight excluding hydrogens is 350 g/mol. The van der Waals surface area contributed by atoms with Gasteiger partial charge in [0.25, 0.3) is 0 Å². The number of rotatable bonds is 0. The van der Waals surface area contributed by atoms with Gasteiger partial charge in [0.1, 0.15) is 12.1 Å². The summed E-state index contributed by atoms with van der Waals surface area (Å²) in [5.41, 5.74) is -0.871. The monoisotopic (exact) mass is 386 g/mol. The molecule has 154 valence electrons. The molecule has 2 amide bonds. The molecule has 8 heteroatoms. The van der Waals surface area contributed by atoms with Crippen molar-refractivity contribution in [1.82, 2.24) is 10.2 Å². The largest absolute Gasteiger partial charge is 0.461 e. The van der Waals surface area contributed by atoms with Crippen LogP contribution in [-0.2, 0) is 19.1 Å². The SMILES string of the molecule is [2H]C([2H])([2H])N1CC(=O)OC(C)CCCCCCCC(=O)N/C1=N/C(=O)OC(C)(C)C. The van der Waals surface area contributed by atoms with Crippen LogP contribution in [0.5, 0.6) is 0 Å². The Labute approximate surface area is 165 Å². The van der Waals surface area contributed by atoms with E-state index < -0.39 is 43.1 Å². The lowest BCUT2D eigenvalue weighted by atomic mass is 10.1. The number of cyclic esters (lactones) is 1. The number of carbonyl (C=O) groups is 3. The summed E-state index contributed by atoms with van der Waals surface area (Å²) in [4.78, 5) is 41.1. The number of aliphatic imine (C=N–C) groups is 1. The predicted molar refractivity (Wildman–Crippen MR) is 102 cm³/mol. The second kappa shape index (κ2) is 10.9. The van der Waals surface area contributed by atoms with Gasteiger partial charge < -0.3 is 14.4 Å². The molecule has 1 N–H and O–H groups in total. The van der Waals surface area contributed by atoms with E-state index in [0.29, 0.717) is 17.7 Å². The van der Waals surface area contributed by atoms with Crippen LogP contribution in [0.4, 0.5) is 4.79 Å². The van der Waals surface area contributed by atoms with Crippen molar-refractivity contribution in [2.24, 2.45) is 4.99 Å². The van der Waals surface area contributed by atoms with E-state index in [1.165, 1.54) is 0 Å². The lowest BCUT2D eigenvalue weighted by Crippen LogP contribution is -2.45. The van der Waals surface area contributed by atoms with E-state index in [0.717, 1.165) is 25.7 Å². The first kappa shape index (κ1) is 18.3. The van der Waals surface area contributed by atoms with Gasteiger partial charge in [0.15, 0.2) is 0 Å². The summed E-state index contributed by atoms with van der Waals surface area (Å²) in [6.45, 7) is 3.06. The van der Waals surface area contributed by atoms with Crippen LogP contribution in [0.1, 0.15) is 76.8 Å². The van der Waals surface area contributed by atoms with Crippen LogP contribution >= 0.6 is 0 Å². The Balaban J connectivity index is 3.21. The fourth-order valence-electron chi connectivity index (χ4n) is 2.49. The summed E-state index contributed by atoms with van der Waals surface area (Å²) < 4.78 is 33.7. The molecule has 0 saturated carbocycles. The maximum Gasteiger partial charge on any atom is 0.437 e.